The SMILES string of the molecule is COCCCNC(=O)CN1CCN(C(=O)Nc2ccccc2)CC1. The lowest BCUT2D eigenvalue weighted by Gasteiger charge is -2.34. The molecular formula is C17H26N4O3. The molecule has 3 amide bonds. The van der Waals surface area contributed by atoms with Crippen LogP contribution in [0.5, 0.6) is 0 Å². The molecule has 1 aromatic rings. The highest BCUT2D eigenvalue weighted by atomic mass is 16.5. The van der Waals surface area contributed by atoms with Gasteiger partial charge >= 0.3 is 6.03 Å². The van der Waals surface area contributed by atoms with E-state index in [9.17, 15) is 9.59 Å². The number of hydrogen-bond acceptors (Lipinski definition) is 4. The Labute approximate surface area is 142 Å². The summed E-state index contributed by atoms with van der Waals surface area (Å²) in [7, 11) is 1.65. The van der Waals surface area contributed by atoms with E-state index in [0.717, 1.165) is 12.1 Å². The Morgan fingerprint density at radius 3 is 2.50 bits per heavy atom. The molecule has 1 aromatic carbocycles. The first-order chi connectivity index (χ1) is 11.7. The van der Waals surface area contributed by atoms with Gasteiger partial charge in [-0.1, -0.05) is 18.2 Å². The quantitative estimate of drug-likeness (QED) is 0.729. The van der Waals surface area contributed by atoms with Crippen LogP contribution >= 0.6 is 0 Å². The average Bonchev–Trinajstić information content (AvgIpc) is 2.60. The van der Waals surface area contributed by atoms with Gasteiger partial charge in [-0.2, -0.15) is 0 Å². The van der Waals surface area contributed by atoms with Crippen LogP contribution < -0.4 is 10.6 Å². The number of carbonyl (C=O) groups is 2. The number of urea groups is 1. The maximum atomic E-state index is 12.2. The number of nitrogens with one attached hydrogen (secondary N) is 2. The molecule has 7 nitrogen and oxygen atoms in total. The standard InChI is InChI=1S/C17H26N4O3/c1-24-13-5-8-18-16(22)14-20-9-11-21(12-10-20)17(23)19-15-6-3-2-4-7-15/h2-4,6-7H,5,8-14H2,1H3,(H,18,22)(H,19,23). The summed E-state index contributed by atoms with van der Waals surface area (Å²) in [6.45, 7) is 4.30. The van der Waals surface area contributed by atoms with Crippen LogP contribution in [0.3, 0.4) is 0 Å². The van der Waals surface area contributed by atoms with Crippen LogP contribution in [-0.4, -0.2) is 74.7 Å². The third kappa shape index (κ3) is 6.17. The van der Waals surface area contributed by atoms with Gasteiger partial charge in [0.25, 0.3) is 0 Å². The molecule has 0 saturated carbocycles. The highest BCUT2D eigenvalue weighted by molar-refractivity contribution is 5.89. The number of nitrogens with zero attached hydrogens (tertiary/aromatic N) is 2. The van der Waals surface area contributed by atoms with Crippen molar-refractivity contribution in [2.45, 2.75) is 6.42 Å². The third-order valence-corrected chi connectivity index (χ3v) is 3.90. The van der Waals surface area contributed by atoms with Crippen LogP contribution in [0.2, 0.25) is 0 Å². The van der Waals surface area contributed by atoms with Gasteiger partial charge in [0, 0.05) is 52.1 Å². The van der Waals surface area contributed by atoms with Gasteiger partial charge in [0.05, 0.1) is 6.54 Å². The lowest BCUT2D eigenvalue weighted by molar-refractivity contribution is -0.122. The lowest BCUT2D eigenvalue weighted by atomic mass is 10.3. The summed E-state index contributed by atoms with van der Waals surface area (Å²) in [5.74, 6) is 0.0216. The van der Waals surface area contributed by atoms with E-state index in [-0.39, 0.29) is 11.9 Å². The van der Waals surface area contributed by atoms with Crippen molar-refractivity contribution in [1.29, 1.82) is 0 Å². The van der Waals surface area contributed by atoms with Crippen molar-refractivity contribution >= 4 is 17.6 Å². The molecule has 1 fully saturated rings. The monoisotopic (exact) mass is 334 g/mol. The zero-order valence-electron chi connectivity index (χ0n) is 14.2. The molecule has 132 valence electrons. The molecule has 0 radical (unpaired) electrons. The van der Waals surface area contributed by atoms with E-state index >= 15 is 0 Å². The molecule has 24 heavy (non-hydrogen) atoms. The second-order valence-corrected chi connectivity index (χ2v) is 5.76. The molecule has 0 aliphatic carbocycles. The number of piperazine rings is 1. The second kappa shape index (κ2) is 9.89. The van der Waals surface area contributed by atoms with Crippen LogP contribution in [0.1, 0.15) is 6.42 Å². The van der Waals surface area contributed by atoms with E-state index in [2.05, 4.69) is 15.5 Å². The predicted octanol–water partition coefficient (Wildman–Crippen LogP) is 0.989. The Morgan fingerprint density at radius 1 is 1.12 bits per heavy atom. The van der Waals surface area contributed by atoms with E-state index in [1.807, 2.05) is 30.3 Å². The Morgan fingerprint density at radius 2 is 1.83 bits per heavy atom. The molecular weight excluding hydrogens is 308 g/mol. The molecule has 0 unspecified atom stereocenters. The molecule has 0 atom stereocenters. The average molecular weight is 334 g/mol. The molecule has 1 saturated heterocycles. The molecule has 1 aliphatic heterocycles. The predicted molar refractivity (Wildman–Crippen MR) is 93.0 cm³/mol. The highest BCUT2D eigenvalue weighted by Gasteiger charge is 2.22. The topological polar surface area (TPSA) is 73.9 Å². The van der Waals surface area contributed by atoms with Crippen molar-refractivity contribution in [2.75, 3.05) is 58.3 Å². The van der Waals surface area contributed by atoms with E-state index in [4.69, 9.17) is 4.74 Å². The van der Waals surface area contributed by atoms with Crippen molar-refractivity contribution in [1.82, 2.24) is 15.1 Å². The first-order valence-electron chi connectivity index (χ1n) is 8.28. The van der Waals surface area contributed by atoms with Gasteiger partial charge < -0.3 is 20.3 Å². The zero-order valence-corrected chi connectivity index (χ0v) is 14.2. The lowest BCUT2D eigenvalue weighted by Crippen LogP contribution is -2.52. The van der Waals surface area contributed by atoms with E-state index in [1.165, 1.54) is 0 Å². The van der Waals surface area contributed by atoms with E-state index < -0.39 is 0 Å². The van der Waals surface area contributed by atoms with Crippen molar-refractivity contribution in [3.63, 3.8) is 0 Å². The van der Waals surface area contributed by atoms with Gasteiger partial charge in [0.15, 0.2) is 0 Å². The zero-order chi connectivity index (χ0) is 17.2. The van der Waals surface area contributed by atoms with Gasteiger partial charge in [-0.25, -0.2) is 4.79 Å². The van der Waals surface area contributed by atoms with E-state index in [1.54, 1.807) is 12.0 Å². The van der Waals surface area contributed by atoms with Crippen molar-refractivity contribution in [3.8, 4) is 0 Å². The van der Waals surface area contributed by atoms with Gasteiger partial charge in [-0.15, -0.1) is 0 Å². The number of carbonyl (C=O) groups excluding carboxylic acids is 2. The Hall–Kier alpha value is -2.12. The first-order valence-corrected chi connectivity index (χ1v) is 8.28. The number of para-hydroxylation sites is 1. The summed E-state index contributed by atoms with van der Waals surface area (Å²) in [6, 6.07) is 9.32. The number of amides is 3. The fraction of sp³-hybridized carbons (Fsp3) is 0.529. The summed E-state index contributed by atoms with van der Waals surface area (Å²) in [5.41, 5.74) is 0.792. The van der Waals surface area contributed by atoms with Gasteiger partial charge in [-0.3, -0.25) is 9.69 Å². The number of hydrogen-bond donors (Lipinski definition) is 2. The first kappa shape index (κ1) is 18.2. The Balaban J connectivity index is 1.65. The second-order valence-electron chi connectivity index (χ2n) is 5.76. The van der Waals surface area contributed by atoms with Gasteiger partial charge in [0.2, 0.25) is 5.91 Å². The molecule has 0 aromatic heterocycles. The number of anilines is 1. The van der Waals surface area contributed by atoms with Crippen LogP contribution in [-0.2, 0) is 9.53 Å². The van der Waals surface area contributed by atoms with Crippen LogP contribution in [0.4, 0.5) is 10.5 Å². The van der Waals surface area contributed by atoms with Crippen molar-refractivity contribution < 1.29 is 14.3 Å². The minimum Gasteiger partial charge on any atom is -0.385 e. The summed E-state index contributed by atoms with van der Waals surface area (Å²) in [6.07, 6.45) is 0.815. The molecule has 7 heteroatoms. The minimum atomic E-state index is -0.0927. The smallest absolute Gasteiger partial charge is 0.321 e. The van der Waals surface area contributed by atoms with E-state index in [0.29, 0.717) is 45.9 Å². The van der Waals surface area contributed by atoms with Crippen LogP contribution in [0.25, 0.3) is 0 Å². The maximum Gasteiger partial charge on any atom is 0.321 e. The highest BCUT2D eigenvalue weighted by Crippen LogP contribution is 2.08. The number of ether oxygens (including phenoxy) is 1. The summed E-state index contributed by atoms with van der Waals surface area (Å²) in [5, 5.41) is 5.76. The minimum absolute atomic E-state index is 0.0216. The molecule has 0 bridgehead atoms. The fourth-order valence-corrected chi connectivity index (χ4v) is 2.54. The Kier molecular flexibility index (Phi) is 7.51. The fourth-order valence-electron chi connectivity index (χ4n) is 2.54. The number of methoxy groups -OCH3 is 1. The summed E-state index contributed by atoms with van der Waals surface area (Å²) < 4.78 is 4.95. The molecule has 2 N–H and O–H groups in total. The summed E-state index contributed by atoms with van der Waals surface area (Å²) in [4.78, 5) is 27.9. The molecule has 0 spiro atoms. The molecule has 2 rings (SSSR count). The van der Waals surface area contributed by atoms with Crippen LogP contribution in [0.15, 0.2) is 30.3 Å². The summed E-state index contributed by atoms with van der Waals surface area (Å²) >= 11 is 0. The maximum absolute atomic E-state index is 12.2. The van der Waals surface area contributed by atoms with Gasteiger partial charge in [-0.05, 0) is 18.6 Å². The Bertz CT molecular complexity index is 516. The third-order valence-electron chi connectivity index (χ3n) is 3.90. The number of benzene rings is 1. The van der Waals surface area contributed by atoms with Crippen LogP contribution in [0, 0.1) is 0 Å². The molecule has 1 heterocycles. The van der Waals surface area contributed by atoms with Crippen molar-refractivity contribution in [3.05, 3.63) is 30.3 Å². The van der Waals surface area contributed by atoms with Gasteiger partial charge in [0.1, 0.15) is 0 Å². The normalized spacial score (nSPS) is 15.1. The number of rotatable bonds is 7. The van der Waals surface area contributed by atoms with Crippen molar-refractivity contribution in [2.24, 2.45) is 0 Å². The largest absolute Gasteiger partial charge is 0.385 e. The molecule has 1 aliphatic rings.